The molecule has 0 unspecified atom stereocenters. The maximum Gasteiger partial charge on any atom is 0.274 e. The zero-order chi connectivity index (χ0) is 17.2. The fourth-order valence-corrected chi connectivity index (χ4v) is 3.53. The lowest BCUT2D eigenvalue weighted by Gasteiger charge is -2.26. The number of rotatable bonds is 4. The molecular formula is C19H21N5O. The first-order valence-corrected chi connectivity index (χ1v) is 8.65. The Morgan fingerprint density at radius 3 is 2.56 bits per heavy atom. The molecule has 25 heavy (non-hydrogen) atoms. The second-order valence-electron chi connectivity index (χ2n) is 6.22. The number of benzene rings is 1. The molecule has 0 radical (unpaired) electrons. The lowest BCUT2D eigenvalue weighted by Crippen LogP contribution is -2.32. The smallest absolute Gasteiger partial charge is 0.274 e. The molecule has 0 atom stereocenters. The average Bonchev–Trinajstić information content (AvgIpc) is 2.94. The summed E-state index contributed by atoms with van der Waals surface area (Å²) in [4.78, 5) is 23.9. The van der Waals surface area contributed by atoms with E-state index in [1.165, 1.54) is 0 Å². The standard InChI is InChI=1S/C19H21N5O/c1-2-23-17-13-22(14-18-20-10-6-11-21-18)12-9-16(17)19(25)24(23)15-7-4-3-5-8-15/h3-8,10-11H,2,9,12-14H2,1H3. The van der Waals surface area contributed by atoms with E-state index >= 15 is 0 Å². The first-order chi connectivity index (χ1) is 12.3. The normalized spacial score (nSPS) is 14.4. The molecule has 0 spiro atoms. The maximum atomic E-state index is 13.0. The van der Waals surface area contributed by atoms with Crippen molar-refractivity contribution >= 4 is 0 Å². The summed E-state index contributed by atoms with van der Waals surface area (Å²) in [5.41, 5.74) is 3.08. The number of fused-ring (bicyclic) bond motifs is 1. The fourth-order valence-electron chi connectivity index (χ4n) is 3.53. The summed E-state index contributed by atoms with van der Waals surface area (Å²) in [5, 5.41) is 0. The van der Waals surface area contributed by atoms with E-state index in [1.807, 2.05) is 41.1 Å². The van der Waals surface area contributed by atoms with E-state index in [0.717, 1.165) is 48.8 Å². The lowest BCUT2D eigenvalue weighted by atomic mass is 10.1. The van der Waals surface area contributed by atoms with Gasteiger partial charge in [0, 0.05) is 37.6 Å². The molecule has 4 rings (SSSR count). The summed E-state index contributed by atoms with van der Waals surface area (Å²) < 4.78 is 3.91. The largest absolute Gasteiger partial charge is 0.290 e. The molecule has 128 valence electrons. The minimum atomic E-state index is 0.110. The second kappa shape index (κ2) is 6.64. The van der Waals surface area contributed by atoms with Gasteiger partial charge in [0.15, 0.2) is 0 Å². The quantitative estimate of drug-likeness (QED) is 0.732. The van der Waals surface area contributed by atoms with Crippen molar-refractivity contribution < 1.29 is 0 Å². The van der Waals surface area contributed by atoms with E-state index in [4.69, 9.17) is 0 Å². The van der Waals surface area contributed by atoms with Gasteiger partial charge in [-0.15, -0.1) is 0 Å². The Morgan fingerprint density at radius 1 is 1.08 bits per heavy atom. The Bertz CT molecular complexity index is 914. The number of hydrogen-bond acceptors (Lipinski definition) is 4. The molecule has 0 fully saturated rings. The molecule has 0 bridgehead atoms. The van der Waals surface area contributed by atoms with Crippen LogP contribution in [-0.2, 0) is 26.1 Å². The van der Waals surface area contributed by atoms with Crippen molar-refractivity contribution in [2.75, 3.05) is 6.54 Å². The van der Waals surface area contributed by atoms with Gasteiger partial charge in [-0.25, -0.2) is 14.6 Å². The topological polar surface area (TPSA) is 56.0 Å². The maximum absolute atomic E-state index is 13.0. The Morgan fingerprint density at radius 2 is 1.84 bits per heavy atom. The molecule has 0 aliphatic carbocycles. The monoisotopic (exact) mass is 335 g/mol. The van der Waals surface area contributed by atoms with Crippen LogP contribution < -0.4 is 5.56 Å². The minimum absolute atomic E-state index is 0.110. The average molecular weight is 335 g/mol. The van der Waals surface area contributed by atoms with Gasteiger partial charge in [0.25, 0.3) is 5.56 Å². The summed E-state index contributed by atoms with van der Waals surface area (Å²) in [6.07, 6.45) is 4.30. The third-order valence-electron chi connectivity index (χ3n) is 4.69. The van der Waals surface area contributed by atoms with Gasteiger partial charge in [-0.3, -0.25) is 14.4 Å². The van der Waals surface area contributed by atoms with E-state index in [-0.39, 0.29) is 5.56 Å². The summed E-state index contributed by atoms with van der Waals surface area (Å²) in [6.45, 7) is 5.14. The molecule has 2 aromatic heterocycles. The summed E-state index contributed by atoms with van der Waals surface area (Å²) in [6, 6.07) is 11.7. The van der Waals surface area contributed by atoms with Gasteiger partial charge in [-0.05, 0) is 31.5 Å². The van der Waals surface area contributed by atoms with Crippen molar-refractivity contribution in [3.05, 3.63) is 76.2 Å². The van der Waals surface area contributed by atoms with Crippen molar-refractivity contribution in [1.29, 1.82) is 0 Å². The van der Waals surface area contributed by atoms with Crippen molar-refractivity contribution in [3.8, 4) is 5.69 Å². The van der Waals surface area contributed by atoms with Crippen LogP contribution in [0, 0.1) is 0 Å². The van der Waals surface area contributed by atoms with Gasteiger partial charge >= 0.3 is 0 Å². The molecule has 0 saturated carbocycles. The second-order valence-corrected chi connectivity index (χ2v) is 6.22. The van der Waals surface area contributed by atoms with Crippen LogP contribution in [0.15, 0.2) is 53.6 Å². The summed E-state index contributed by atoms with van der Waals surface area (Å²) in [5.74, 6) is 0.818. The minimum Gasteiger partial charge on any atom is -0.290 e. The predicted molar refractivity (Wildman–Crippen MR) is 95.6 cm³/mol. The van der Waals surface area contributed by atoms with Crippen LogP contribution in [0.4, 0.5) is 0 Å². The Hall–Kier alpha value is -2.73. The molecule has 0 saturated heterocycles. The van der Waals surface area contributed by atoms with Gasteiger partial charge in [0.05, 0.1) is 17.9 Å². The predicted octanol–water partition coefficient (Wildman–Crippen LogP) is 2.01. The molecule has 6 nitrogen and oxygen atoms in total. The molecule has 3 aromatic rings. The molecule has 0 amide bonds. The summed E-state index contributed by atoms with van der Waals surface area (Å²) >= 11 is 0. The highest BCUT2D eigenvalue weighted by Crippen LogP contribution is 2.20. The highest BCUT2D eigenvalue weighted by molar-refractivity contribution is 5.34. The molecule has 0 N–H and O–H groups in total. The van der Waals surface area contributed by atoms with Crippen LogP contribution in [0.25, 0.3) is 5.69 Å². The van der Waals surface area contributed by atoms with Gasteiger partial charge in [-0.2, -0.15) is 0 Å². The Kier molecular flexibility index (Phi) is 4.19. The van der Waals surface area contributed by atoms with E-state index in [9.17, 15) is 4.79 Å². The van der Waals surface area contributed by atoms with Gasteiger partial charge < -0.3 is 0 Å². The zero-order valence-electron chi connectivity index (χ0n) is 14.3. The van der Waals surface area contributed by atoms with Gasteiger partial charge in [0.1, 0.15) is 5.82 Å². The summed E-state index contributed by atoms with van der Waals surface area (Å²) in [7, 11) is 0. The van der Waals surface area contributed by atoms with Crippen LogP contribution in [0.5, 0.6) is 0 Å². The van der Waals surface area contributed by atoms with Crippen LogP contribution in [0.1, 0.15) is 24.0 Å². The third-order valence-corrected chi connectivity index (χ3v) is 4.69. The van der Waals surface area contributed by atoms with Crippen molar-refractivity contribution in [2.45, 2.75) is 33.0 Å². The van der Waals surface area contributed by atoms with Crippen LogP contribution >= 0.6 is 0 Å². The first-order valence-electron chi connectivity index (χ1n) is 8.65. The Labute approximate surface area is 146 Å². The highest BCUT2D eigenvalue weighted by atomic mass is 16.1. The highest BCUT2D eigenvalue weighted by Gasteiger charge is 2.26. The lowest BCUT2D eigenvalue weighted by molar-refractivity contribution is 0.230. The van der Waals surface area contributed by atoms with Crippen molar-refractivity contribution in [3.63, 3.8) is 0 Å². The number of aromatic nitrogens is 4. The molecule has 1 aliphatic rings. The van der Waals surface area contributed by atoms with Crippen molar-refractivity contribution in [1.82, 2.24) is 24.2 Å². The van der Waals surface area contributed by atoms with Gasteiger partial charge in [0.2, 0.25) is 0 Å². The number of para-hydroxylation sites is 1. The molecule has 3 heterocycles. The zero-order valence-corrected chi connectivity index (χ0v) is 14.3. The molecular weight excluding hydrogens is 314 g/mol. The van der Waals surface area contributed by atoms with E-state index in [1.54, 1.807) is 12.4 Å². The van der Waals surface area contributed by atoms with Gasteiger partial charge in [-0.1, -0.05) is 18.2 Å². The van der Waals surface area contributed by atoms with Crippen LogP contribution in [0.2, 0.25) is 0 Å². The number of nitrogens with zero attached hydrogens (tertiary/aromatic N) is 5. The molecule has 1 aromatic carbocycles. The fraction of sp³-hybridized carbons (Fsp3) is 0.316. The number of hydrogen-bond donors (Lipinski definition) is 0. The van der Waals surface area contributed by atoms with E-state index in [0.29, 0.717) is 6.54 Å². The molecule has 6 heteroatoms. The van der Waals surface area contributed by atoms with Crippen LogP contribution in [0.3, 0.4) is 0 Å². The Balaban J connectivity index is 1.69. The van der Waals surface area contributed by atoms with Crippen LogP contribution in [-0.4, -0.2) is 30.8 Å². The van der Waals surface area contributed by atoms with E-state index < -0.39 is 0 Å². The SMILES string of the molecule is CCn1c2c(c(=O)n1-c1ccccc1)CCN(Cc1ncccn1)C2. The molecule has 1 aliphatic heterocycles. The first kappa shape index (κ1) is 15.8. The third kappa shape index (κ3) is 2.89. The van der Waals surface area contributed by atoms with E-state index in [2.05, 4.69) is 26.5 Å². The van der Waals surface area contributed by atoms with Crippen molar-refractivity contribution in [2.24, 2.45) is 0 Å².